The average molecular weight is 508 g/mol. The number of hydrogen-bond donors (Lipinski definition) is 0. The number of benzene rings is 1. The number of nitrogens with zero attached hydrogens (tertiary/aromatic N) is 5. The van der Waals surface area contributed by atoms with Crippen molar-refractivity contribution >= 4 is 57.4 Å². The number of piperazine rings is 1. The lowest BCUT2D eigenvalue weighted by atomic mass is 10.2. The van der Waals surface area contributed by atoms with Crippen LogP contribution in [0.25, 0.3) is 11.7 Å². The zero-order valence-corrected chi connectivity index (χ0v) is 21.1. The van der Waals surface area contributed by atoms with Crippen molar-refractivity contribution in [3.05, 3.63) is 69.5 Å². The summed E-state index contributed by atoms with van der Waals surface area (Å²) in [5, 5.41) is 0. The molecule has 8 nitrogen and oxygen atoms in total. The molecular weight excluding hydrogens is 482 g/mol. The Labute approximate surface area is 212 Å². The number of thiocarbonyl (C=S) groups is 1. The molecule has 0 aliphatic carbocycles. The van der Waals surface area contributed by atoms with E-state index in [9.17, 15) is 9.59 Å². The molecule has 2 saturated heterocycles. The minimum absolute atomic E-state index is 0.171. The first-order valence-corrected chi connectivity index (χ1v) is 12.6. The van der Waals surface area contributed by atoms with Gasteiger partial charge in [-0.15, -0.1) is 0 Å². The predicted molar refractivity (Wildman–Crippen MR) is 144 cm³/mol. The second-order valence-electron chi connectivity index (χ2n) is 8.18. The van der Waals surface area contributed by atoms with Crippen LogP contribution in [0, 0.1) is 0 Å². The van der Waals surface area contributed by atoms with Crippen molar-refractivity contribution in [2.75, 3.05) is 49.6 Å². The van der Waals surface area contributed by atoms with E-state index in [0.29, 0.717) is 45.9 Å². The lowest BCUT2D eigenvalue weighted by Gasteiger charge is -2.37. The van der Waals surface area contributed by atoms with Gasteiger partial charge < -0.3 is 14.5 Å². The second-order valence-corrected chi connectivity index (χ2v) is 9.86. The summed E-state index contributed by atoms with van der Waals surface area (Å²) >= 11 is 6.58. The highest BCUT2D eigenvalue weighted by molar-refractivity contribution is 8.26. The van der Waals surface area contributed by atoms with Crippen LogP contribution in [0.4, 0.5) is 11.5 Å². The molecular formula is C25H25N5O3S2. The Bertz CT molecular complexity index is 1380. The Morgan fingerprint density at radius 2 is 1.77 bits per heavy atom. The summed E-state index contributed by atoms with van der Waals surface area (Å²) in [4.78, 5) is 37.6. The van der Waals surface area contributed by atoms with E-state index in [1.807, 2.05) is 31.2 Å². The summed E-state index contributed by atoms with van der Waals surface area (Å²) in [5.41, 5.74) is 1.90. The normalized spacial score (nSPS) is 17.7. The first kappa shape index (κ1) is 23.4. The van der Waals surface area contributed by atoms with Gasteiger partial charge in [-0.2, -0.15) is 0 Å². The lowest BCUT2D eigenvalue weighted by Crippen LogP contribution is -2.47. The van der Waals surface area contributed by atoms with Gasteiger partial charge in [-0.3, -0.25) is 18.9 Å². The minimum atomic E-state index is -0.204. The third kappa shape index (κ3) is 4.39. The van der Waals surface area contributed by atoms with E-state index in [1.165, 1.54) is 16.2 Å². The maximum atomic E-state index is 13.5. The van der Waals surface area contributed by atoms with Crippen molar-refractivity contribution in [3.8, 4) is 5.75 Å². The summed E-state index contributed by atoms with van der Waals surface area (Å²) in [6, 6.07) is 13.5. The molecule has 2 aromatic heterocycles. The summed E-state index contributed by atoms with van der Waals surface area (Å²) in [7, 11) is 1.66. The molecule has 10 heteroatoms. The number of rotatable bonds is 5. The van der Waals surface area contributed by atoms with Crippen LogP contribution in [-0.2, 0) is 4.79 Å². The van der Waals surface area contributed by atoms with E-state index in [1.54, 1.807) is 30.3 Å². The molecule has 0 atom stereocenters. The van der Waals surface area contributed by atoms with Crippen molar-refractivity contribution in [2.45, 2.75) is 6.92 Å². The Hall–Kier alpha value is -3.37. The third-order valence-corrected chi connectivity index (χ3v) is 7.61. The highest BCUT2D eigenvalue weighted by Crippen LogP contribution is 2.33. The molecule has 1 amide bonds. The largest absolute Gasteiger partial charge is 0.497 e. The van der Waals surface area contributed by atoms with Gasteiger partial charge in [-0.1, -0.05) is 30.0 Å². The third-order valence-electron chi connectivity index (χ3n) is 6.23. The number of hydrogen-bond acceptors (Lipinski definition) is 8. The van der Waals surface area contributed by atoms with Crippen molar-refractivity contribution in [1.82, 2.24) is 14.3 Å². The summed E-state index contributed by atoms with van der Waals surface area (Å²) < 4.78 is 7.29. The van der Waals surface area contributed by atoms with Crippen LogP contribution in [0.15, 0.2) is 58.4 Å². The molecule has 0 radical (unpaired) electrons. The van der Waals surface area contributed by atoms with Gasteiger partial charge in [-0.05, 0) is 49.4 Å². The topological polar surface area (TPSA) is 70.4 Å². The highest BCUT2D eigenvalue weighted by atomic mass is 32.2. The van der Waals surface area contributed by atoms with Crippen molar-refractivity contribution in [3.63, 3.8) is 0 Å². The molecule has 4 heterocycles. The summed E-state index contributed by atoms with van der Waals surface area (Å²) in [6.45, 7) is 5.32. The van der Waals surface area contributed by atoms with Crippen LogP contribution in [-0.4, -0.2) is 64.3 Å². The van der Waals surface area contributed by atoms with Crippen LogP contribution in [0.3, 0.4) is 0 Å². The predicted octanol–water partition coefficient (Wildman–Crippen LogP) is 3.25. The zero-order valence-electron chi connectivity index (χ0n) is 19.5. The second kappa shape index (κ2) is 9.71. The van der Waals surface area contributed by atoms with Gasteiger partial charge in [-0.25, -0.2) is 4.98 Å². The molecule has 180 valence electrons. The Balaban J connectivity index is 1.49. The van der Waals surface area contributed by atoms with Crippen LogP contribution >= 0.6 is 24.0 Å². The fourth-order valence-corrected chi connectivity index (χ4v) is 5.70. The number of amides is 1. The number of aromatic nitrogens is 2. The van der Waals surface area contributed by atoms with Crippen LogP contribution < -0.4 is 20.1 Å². The zero-order chi connectivity index (χ0) is 24.5. The van der Waals surface area contributed by atoms with Gasteiger partial charge in [0.15, 0.2) is 0 Å². The van der Waals surface area contributed by atoms with Gasteiger partial charge in [0, 0.05) is 44.6 Å². The number of carbonyl (C=O) groups is 1. The Kier molecular flexibility index (Phi) is 6.48. The summed E-state index contributed by atoms with van der Waals surface area (Å²) in [5.74, 6) is 1.25. The molecule has 1 aromatic carbocycles. The van der Waals surface area contributed by atoms with Crippen LogP contribution in [0.5, 0.6) is 5.75 Å². The molecule has 0 saturated carbocycles. The van der Waals surface area contributed by atoms with E-state index >= 15 is 0 Å². The molecule has 5 rings (SSSR count). The van der Waals surface area contributed by atoms with E-state index in [-0.39, 0.29) is 11.5 Å². The lowest BCUT2D eigenvalue weighted by molar-refractivity contribution is -0.121. The van der Waals surface area contributed by atoms with E-state index < -0.39 is 0 Å². The van der Waals surface area contributed by atoms with E-state index in [0.717, 1.165) is 24.5 Å². The number of anilines is 2. The number of likely N-dealkylation sites (N-methyl/N-ethyl adjacent to an activating group) is 1. The molecule has 2 fully saturated rings. The molecule has 0 bridgehead atoms. The molecule has 0 spiro atoms. The monoisotopic (exact) mass is 507 g/mol. The van der Waals surface area contributed by atoms with Crippen molar-refractivity contribution < 1.29 is 9.53 Å². The quantitative estimate of drug-likeness (QED) is 0.385. The maximum absolute atomic E-state index is 13.5. The number of thioether (sulfide) groups is 1. The number of methoxy groups -OCH3 is 1. The van der Waals surface area contributed by atoms with E-state index in [4.69, 9.17) is 21.9 Å². The minimum Gasteiger partial charge on any atom is -0.497 e. The first-order chi connectivity index (χ1) is 17.0. The van der Waals surface area contributed by atoms with Crippen molar-refractivity contribution in [1.29, 1.82) is 0 Å². The number of carbonyl (C=O) groups excluding carboxylic acids is 1. The number of fused-ring (bicyclic) bond motifs is 1. The van der Waals surface area contributed by atoms with Gasteiger partial charge in [0.05, 0.1) is 17.6 Å². The molecule has 0 N–H and O–H groups in total. The van der Waals surface area contributed by atoms with Gasteiger partial charge in [0.25, 0.3) is 11.5 Å². The highest BCUT2D eigenvalue weighted by Gasteiger charge is 2.32. The molecule has 2 aliphatic rings. The van der Waals surface area contributed by atoms with Gasteiger partial charge >= 0.3 is 0 Å². The Morgan fingerprint density at radius 3 is 2.43 bits per heavy atom. The first-order valence-electron chi connectivity index (χ1n) is 11.4. The maximum Gasteiger partial charge on any atom is 0.267 e. The fourth-order valence-electron chi connectivity index (χ4n) is 4.33. The SMILES string of the molecule is CCN1C(=O)/C(=C/c2c(N3CCN(c4ccc(OC)cc4)CC3)nc3ccccn3c2=O)SC1=S. The smallest absolute Gasteiger partial charge is 0.267 e. The van der Waals surface area contributed by atoms with E-state index in [2.05, 4.69) is 21.9 Å². The fraction of sp³-hybridized carbons (Fsp3) is 0.280. The number of pyridine rings is 1. The van der Waals surface area contributed by atoms with Gasteiger partial charge in [0.2, 0.25) is 0 Å². The van der Waals surface area contributed by atoms with Crippen LogP contribution in [0.1, 0.15) is 12.5 Å². The average Bonchev–Trinajstić information content (AvgIpc) is 3.17. The standard InChI is InChI=1S/C25H25N5O3S2/c1-3-29-24(32)20(35-25(29)34)16-19-22(26-21-6-4-5-11-30(21)23(19)31)28-14-12-27(13-15-28)17-7-9-18(33-2)10-8-17/h4-11,16H,3,12-15H2,1-2H3/b20-16-. The van der Waals surface area contributed by atoms with Crippen LogP contribution in [0.2, 0.25) is 0 Å². The molecule has 3 aromatic rings. The summed E-state index contributed by atoms with van der Waals surface area (Å²) in [6.07, 6.45) is 3.36. The number of ether oxygens (including phenoxy) is 1. The van der Waals surface area contributed by atoms with Crippen molar-refractivity contribution in [2.24, 2.45) is 0 Å². The molecule has 35 heavy (non-hydrogen) atoms. The Morgan fingerprint density at radius 1 is 1.06 bits per heavy atom. The molecule has 2 aliphatic heterocycles. The van der Waals surface area contributed by atoms with Gasteiger partial charge in [0.1, 0.15) is 21.5 Å². The molecule has 0 unspecified atom stereocenters.